The molecule has 0 aliphatic carbocycles. The topological polar surface area (TPSA) is 30.7 Å². The highest BCUT2D eigenvalue weighted by Crippen LogP contribution is 2.27. The summed E-state index contributed by atoms with van der Waals surface area (Å²) in [5, 5.41) is 1.93. The van der Waals surface area contributed by atoms with Gasteiger partial charge in [0.1, 0.15) is 11.3 Å². The van der Waals surface area contributed by atoms with E-state index in [0.29, 0.717) is 0 Å². The van der Waals surface area contributed by atoms with Crippen LogP contribution >= 0.6 is 38.9 Å². The fraction of sp³-hybridized carbons (Fsp3) is 0.286. The normalized spacial score (nSPS) is 13.0. The maximum atomic E-state index is 6.27. The Morgan fingerprint density at radius 3 is 2.85 bits per heavy atom. The first kappa shape index (κ1) is 14.0. The molecule has 104 valence electrons. The summed E-state index contributed by atoms with van der Waals surface area (Å²) in [7, 11) is 0. The van der Waals surface area contributed by atoms with E-state index in [1.807, 2.05) is 26.0 Å². The first-order valence-electron chi connectivity index (χ1n) is 6.25. The van der Waals surface area contributed by atoms with Crippen LogP contribution in [0.3, 0.4) is 0 Å². The Balaban J connectivity index is 2.15. The van der Waals surface area contributed by atoms with Gasteiger partial charge in [0.2, 0.25) is 0 Å². The van der Waals surface area contributed by atoms with Gasteiger partial charge in [-0.25, -0.2) is 9.97 Å². The van der Waals surface area contributed by atoms with Crippen molar-refractivity contribution in [3.05, 3.63) is 44.4 Å². The largest absolute Gasteiger partial charge is 0.306 e. The van der Waals surface area contributed by atoms with E-state index in [0.717, 1.165) is 33.7 Å². The van der Waals surface area contributed by atoms with Gasteiger partial charge in [0.05, 0.1) is 11.9 Å². The molecule has 0 saturated heterocycles. The van der Waals surface area contributed by atoms with E-state index < -0.39 is 0 Å². The quantitative estimate of drug-likeness (QED) is 0.613. The molecule has 0 amide bonds. The number of hydrogen-bond acceptors (Lipinski definition) is 3. The van der Waals surface area contributed by atoms with Crippen LogP contribution in [0.2, 0.25) is 0 Å². The van der Waals surface area contributed by atoms with Crippen molar-refractivity contribution in [2.75, 3.05) is 0 Å². The number of rotatable bonds is 3. The molecule has 3 aromatic heterocycles. The summed E-state index contributed by atoms with van der Waals surface area (Å²) < 4.78 is 3.21. The minimum absolute atomic E-state index is 0.145. The van der Waals surface area contributed by atoms with Gasteiger partial charge < -0.3 is 4.57 Å². The van der Waals surface area contributed by atoms with Crippen LogP contribution in [0.25, 0.3) is 11.2 Å². The Morgan fingerprint density at radius 1 is 1.40 bits per heavy atom. The molecular weight excluding hydrogens is 358 g/mol. The highest BCUT2D eigenvalue weighted by atomic mass is 79.9. The highest BCUT2D eigenvalue weighted by Gasteiger charge is 2.16. The van der Waals surface area contributed by atoms with Crippen molar-refractivity contribution in [1.82, 2.24) is 14.5 Å². The van der Waals surface area contributed by atoms with Gasteiger partial charge in [-0.2, -0.15) is 0 Å². The zero-order chi connectivity index (χ0) is 14.3. The number of alkyl halides is 1. The average molecular weight is 371 g/mol. The van der Waals surface area contributed by atoms with Crippen LogP contribution in [-0.2, 0) is 6.54 Å². The van der Waals surface area contributed by atoms with Gasteiger partial charge in [0, 0.05) is 20.4 Å². The fourth-order valence-electron chi connectivity index (χ4n) is 2.17. The predicted molar refractivity (Wildman–Crippen MR) is 87.7 cm³/mol. The summed E-state index contributed by atoms with van der Waals surface area (Å²) in [5.41, 5.74) is 2.78. The number of nitrogens with zero attached hydrogens (tertiary/aromatic N) is 3. The Bertz CT molecular complexity index is 763. The summed E-state index contributed by atoms with van der Waals surface area (Å²) in [6.07, 6.45) is 0. The van der Waals surface area contributed by atoms with Crippen molar-refractivity contribution < 1.29 is 0 Å². The van der Waals surface area contributed by atoms with Crippen molar-refractivity contribution in [1.29, 1.82) is 0 Å². The first-order valence-corrected chi connectivity index (χ1v) is 8.36. The minimum Gasteiger partial charge on any atom is -0.306 e. The van der Waals surface area contributed by atoms with Crippen molar-refractivity contribution in [2.45, 2.75) is 25.8 Å². The number of imidazole rings is 1. The standard InChI is InChI=1S/C14H13BrClN3S/c1-8-3-4-12-14(17-8)19(13(18-12)9(2)16)6-11-5-10(15)7-20-11/h3-5,7,9H,6H2,1-2H3. The summed E-state index contributed by atoms with van der Waals surface area (Å²) in [6.45, 7) is 4.67. The van der Waals surface area contributed by atoms with Crippen LogP contribution in [0.1, 0.15) is 28.7 Å². The third kappa shape index (κ3) is 2.62. The van der Waals surface area contributed by atoms with E-state index in [-0.39, 0.29) is 5.38 Å². The lowest BCUT2D eigenvalue weighted by Gasteiger charge is -2.08. The monoisotopic (exact) mass is 369 g/mol. The molecule has 1 atom stereocenters. The molecule has 1 unspecified atom stereocenters. The maximum absolute atomic E-state index is 6.27. The molecule has 0 radical (unpaired) electrons. The Kier molecular flexibility index (Phi) is 3.84. The van der Waals surface area contributed by atoms with Crippen molar-refractivity contribution in [3.63, 3.8) is 0 Å². The molecule has 0 aromatic carbocycles. The fourth-order valence-corrected chi connectivity index (χ4v) is 3.77. The average Bonchev–Trinajstić information content (AvgIpc) is 2.95. The van der Waals surface area contributed by atoms with Gasteiger partial charge >= 0.3 is 0 Å². The van der Waals surface area contributed by atoms with E-state index >= 15 is 0 Å². The van der Waals surface area contributed by atoms with E-state index in [1.54, 1.807) is 11.3 Å². The number of halogens is 2. The Hall–Kier alpha value is -0.910. The molecule has 6 heteroatoms. The number of aryl methyl sites for hydroxylation is 1. The van der Waals surface area contributed by atoms with Gasteiger partial charge in [0.15, 0.2) is 5.65 Å². The van der Waals surface area contributed by atoms with Crippen molar-refractivity contribution in [3.8, 4) is 0 Å². The van der Waals surface area contributed by atoms with Gasteiger partial charge in [-0.1, -0.05) is 0 Å². The third-order valence-corrected chi connectivity index (χ3v) is 4.93. The van der Waals surface area contributed by atoms with E-state index in [1.165, 1.54) is 4.88 Å². The molecule has 0 N–H and O–H groups in total. The van der Waals surface area contributed by atoms with Crippen molar-refractivity contribution >= 4 is 50.0 Å². The number of pyridine rings is 1. The molecule has 3 rings (SSSR count). The second-order valence-corrected chi connectivity index (χ2v) is 7.26. The second-order valence-electron chi connectivity index (χ2n) is 4.70. The smallest absolute Gasteiger partial charge is 0.160 e. The van der Waals surface area contributed by atoms with Crippen molar-refractivity contribution in [2.24, 2.45) is 0 Å². The summed E-state index contributed by atoms with van der Waals surface area (Å²) in [6, 6.07) is 6.10. The highest BCUT2D eigenvalue weighted by molar-refractivity contribution is 9.10. The van der Waals surface area contributed by atoms with Gasteiger partial charge in [-0.05, 0) is 48.0 Å². The Labute approximate surface area is 134 Å². The van der Waals surface area contributed by atoms with Crippen LogP contribution in [-0.4, -0.2) is 14.5 Å². The third-order valence-electron chi connectivity index (χ3n) is 3.05. The molecule has 3 heterocycles. The molecule has 0 saturated carbocycles. The predicted octanol–water partition coefficient (Wildman–Crippen LogP) is 4.91. The number of aromatic nitrogens is 3. The zero-order valence-electron chi connectivity index (χ0n) is 11.1. The maximum Gasteiger partial charge on any atom is 0.160 e. The van der Waals surface area contributed by atoms with Crippen LogP contribution < -0.4 is 0 Å². The lowest BCUT2D eigenvalue weighted by molar-refractivity contribution is 0.743. The van der Waals surface area contributed by atoms with E-state index in [4.69, 9.17) is 11.6 Å². The molecule has 0 spiro atoms. The molecule has 0 aliphatic heterocycles. The van der Waals surface area contributed by atoms with Gasteiger partial charge in [-0.3, -0.25) is 0 Å². The minimum atomic E-state index is -0.145. The lowest BCUT2D eigenvalue weighted by atomic mass is 10.3. The molecule has 3 nitrogen and oxygen atoms in total. The summed E-state index contributed by atoms with van der Waals surface area (Å²) in [5.74, 6) is 0.865. The van der Waals surface area contributed by atoms with E-state index in [9.17, 15) is 0 Å². The molecular formula is C14H13BrClN3S. The lowest BCUT2D eigenvalue weighted by Crippen LogP contribution is -2.05. The molecule has 0 fully saturated rings. The molecule has 3 aromatic rings. The molecule has 0 aliphatic rings. The van der Waals surface area contributed by atoms with Gasteiger partial charge in [-0.15, -0.1) is 22.9 Å². The van der Waals surface area contributed by atoms with Crippen LogP contribution in [0.4, 0.5) is 0 Å². The first-order chi connectivity index (χ1) is 9.54. The zero-order valence-corrected chi connectivity index (χ0v) is 14.3. The van der Waals surface area contributed by atoms with Crippen LogP contribution in [0, 0.1) is 6.92 Å². The van der Waals surface area contributed by atoms with Crippen LogP contribution in [0.5, 0.6) is 0 Å². The summed E-state index contributed by atoms with van der Waals surface area (Å²) in [4.78, 5) is 10.5. The van der Waals surface area contributed by atoms with E-state index in [2.05, 4.69) is 41.9 Å². The van der Waals surface area contributed by atoms with Gasteiger partial charge in [0.25, 0.3) is 0 Å². The number of fused-ring (bicyclic) bond motifs is 1. The SMILES string of the molecule is Cc1ccc2nc(C(C)Cl)n(Cc3cc(Br)cs3)c2n1. The number of thiophene rings is 1. The van der Waals surface area contributed by atoms with Crippen LogP contribution in [0.15, 0.2) is 28.1 Å². The second kappa shape index (κ2) is 5.47. The molecule has 20 heavy (non-hydrogen) atoms. The Morgan fingerprint density at radius 2 is 2.20 bits per heavy atom. The number of hydrogen-bond donors (Lipinski definition) is 0. The summed E-state index contributed by atoms with van der Waals surface area (Å²) >= 11 is 11.5. The molecule has 0 bridgehead atoms.